The lowest BCUT2D eigenvalue weighted by Gasteiger charge is -2.11. The molecule has 8 heteroatoms. The Morgan fingerprint density at radius 1 is 1.08 bits per heavy atom. The summed E-state index contributed by atoms with van der Waals surface area (Å²) in [5.41, 5.74) is 1.70. The van der Waals surface area contributed by atoms with Crippen molar-refractivity contribution in [3.63, 3.8) is 0 Å². The molecule has 0 atom stereocenters. The van der Waals surface area contributed by atoms with Crippen LogP contribution in [-0.4, -0.2) is 33.8 Å². The van der Waals surface area contributed by atoms with E-state index in [1.54, 1.807) is 36.4 Å². The summed E-state index contributed by atoms with van der Waals surface area (Å²) in [6, 6.07) is 11.9. The van der Waals surface area contributed by atoms with Crippen molar-refractivity contribution in [1.82, 2.24) is 5.32 Å². The first-order chi connectivity index (χ1) is 12.4. The van der Waals surface area contributed by atoms with Crippen LogP contribution in [0, 0.1) is 0 Å². The van der Waals surface area contributed by atoms with Gasteiger partial charge in [-0.2, -0.15) is 0 Å². The van der Waals surface area contributed by atoms with E-state index in [2.05, 4.69) is 10.0 Å². The van der Waals surface area contributed by atoms with Crippen LogP contribution >= 0.6 is 0 Å². The number of nitrogens with one attached hydrogen (secondary N) is 2. The van der Waals surface area contributed by atoms with Crippen molar-refractivity contribution in [1.29, 1.82) is 0 Å². The van der Waals surface area contributed by atoms with E-state index in [9.17, 15) is 13.2 Å². The fraction of sp³-hybridized carbons (Fsp3) is 0.278. The quantitative estimate of drug-likeness (QED) is 0.834. The Kier molecular flexibility index (Phi) is 5.32. The summed E-state index contributed by atoms with van der Waals surface area (Å²) in [6.07, 6.45) is 1.89. The molecule has 1 heterocycles. The lowest BCUT2D eigenvalue weighted by molar-refractivity contribution is 0.0950. The average Bonchev–Trinajstić information content (AvgIpc) is 2.83. The van der Waals surface area contributed by atoms with Gasteiger partial charge in [-0.25, -0.2) is 8.42 Å². The molecule has 0 fully saturated rings. The molecule has 7 nitrogen and oxygen atoms in total. The number of carbonyl (C=O) groups excluding carboxylic acids is 1. The molecule has 2 N–H and O–H groups in total. The zero-order valence-electron chi connectivity index (χ0n) is 14.3. The molecule has 3 rings (SSSR count). The van der Waals surface area contributed by atoms with Gasteiger partial charge in [-0.05, 0) is 35.9 Å². The van der Waals surface area contributed by atoms with Crippen LogP contribution in [0.3, 0.4) is 0 Å². The van der Waals surface area contributed by atoms with Gasteiger partial charge in [0.15, 0.2) is 11.5 Å². The van der Waals surface area contributed by atoms with E-state index in [0.29, 0.717) is 36.0 Å². The van der Waals surface area contributed by atoms with Gasteiger partial charge in [0.1, 0.15) is 0 Å². The normalized spacial score (nSPS) is 13.6. The molecule has 0 unspecified atom stereocenters. The highest BCUT2D eigenvalue weighted by Crippen LogP contribution is 2.30. The Hall–Kier alpha value is -2.74. The number of fused-ring (bicyclic) bond motifs is 1. The first-order valence-electron chi connectivity index (χ1n) is 8.15. The maximum absolute atomic E-state index is 12.4. The fourth-order valence-corrected chi connectivity index (χ4v) is 3.10. The van der Waals surface area contributed by atoms with Gasteiger partial charge in [-0.15, -0.1) is 0 Å². The van der Waals surface area contributed by atoms with Crippen molar-refractivity contribution in [3.05, 3.63) is 53.6 Å². The Labute approximate surface area is 152 Å². The minimum absolute atomic E-state index is 0.248. The molecule has 0 aliphatic carbocycles. The van der Waals surface area contributed by atoms with Crippen molar-refractivity contribution in [2.24, 2.45) is 0 Å². The van der Waals surface area contributed by atoms with E-state index in [1.807, 2.05) is 6.07 Å². The van der Waals surface area contributed by atoms with E-state index in [0.717, 1.165) is 18.2 Å². The van der Waals surface area contributed by atoms with Crippen molar-refractivity contribution < 1.29 is 22.7 Å². The van der Waals surface area contributed by atoms with Crippen LogP contribution in [-0.2, 0) is 16.6 Å². The van der Waals surface area contributed by atoms with Crippen molar-refractivity contribution in [3.8, 4) is 11.5 Å². The van der Waals surface area contributed by atoms with Crippen LogP contribution in [0.1, 0.15) is 22.3 Å². The second-order valence-electron chi connectivity index (χ2n) is 5.97. The number of hydrogen-bond acceptors (Lipinski definition) is 5. The maximum atomic E-state index is 12.4. The second kappa shape index (κ2) is 7.65. The first kappa shape index (κ1) is 18.1. The van der Waals surface area contributed by atoms with Gasteiger partial charge in [0, 0.05) is 24.2 Å². The molecule has 0 radical (unpaired) electrons. The van der Waals surface area contributed by atoms with Crippen molar-refractivity contribution in [2.75, 3.05) is 24.2 Å². The van der Waals surface area contributed by atoms with Crippen LogP contribution in [0.2, 0.25) is 0 Å². The van der Waals surface area contributed by atoms with E-state index < -0.39 is 10.0 Å². The molecule has 0 saturated heterocycles. The van der Waals surface area contributed by atoms with Gasteiger partial charge >= 0.3 is 0 Å². The monoisotopic (exact) mass is 376 g/mol. The van der Waals surface area contributed by atoms with Gasteiger partial charge in [0.05, 0.1) is 19.5 Å². The number of ether oxygens (including phenoxy) is 2. The van der Waals surface area contributed by atoms with Crippen LogP contribution in [0.25, 0.3) is 0 Å². The number of benzene rings is 2. The molecule has 26 heavy (non-hydrogen) atoms. The number of rotatable bonds is 5. The summed E-state index contributed by atoms with van der Waals surface area (Å²) >= 11 is 0. The topological polar surface area (TPSA) is 93.7 Å². The molecule has 1 amide bonds. The van der Waals surface area contributed by atoms with E-state index in [4.69, 9.17) is 9.47 Å². The summed E-state index contributed by atoms with van der Waals surface area (Å²) in [4.78, 5) is 12.4. The highest BCUT2D eigenvalue weighted by molar-refractivity contribution is 7.92. The average molecular weight is 376 g/mol. The van der Waals surface area contributed by atoms with Crippen LogP contribution < -0.4 is 19.5 Å². The van der Waals surface area contributed by atoms with E-state index in [-0.39, 0.29) is 12.5 Å². The molecule has 0 aromatic heterocycles. The summed E-state index contributed by atoms with van der Waals surface area (Å²) in [5.74, 6) is 0.954. The fourth-order valence-electron chi connectivity index (χ4n) is 2.55. The van der Waals surface area contributed by atoms with Crippen LogP contribution in [0.15, 0.2) is 42.5 Å². The summed E-state index contributed by atoms with van der Waals surface area (Å²) in [7, 11) is -3.34. The Morgan fingerprint density at radius 3 is 2.62 bits per heavy atom. The molecule has 0 spiro atoms. The summed E-state index contributed by atoms with van der Waals surface area (Å²) in [6.45, 7) is 1.42. The number of amides is 1. The molecule has 0 saturated carbocycles. The van der Waals surface area contributed by atoms with Gasteiger partial charge in [-0.3, -0.25) is 9.52 Å². The van der Waals surface area contributed by atoms with Crippen LogP contribution in [0.4, 0.5) is 5.69 Å². The van der Waals surface area contributed by atoms with Gasteiger partial charge < -0.3 is 14.8 Å². The number of anilines is 1. The molecular weight excluding hydrogens is 356 g/mol. The molecule has 1 aliphatic heterocycles. The predicted octanol–water partition coefficient (Wildman–Crippen LogP) is 2.15. The largest absolute Gasteiger partial charge is 0.490 e. The third-order valence-corrected chi connectivity index (χ3v) is 4.30. The Morgan fingerprint density at radius 2 is 1.85 bits per heavy atom. The zero-order chi connectivity index (χ0) is 18.6. The lowest BCUT2D eigenvalue weighted by Crippen LogP contribution is -2.23. The third-order valence-electron chi connectivity index (χ3n) is 3.69. The minimum Gasteiger partial charge on any atom is -0.490 e. The maximum Gasteiger partial charge on any atom is 0.251 e. The zero-order valence-corrected chi connectivity index (χ0v) is 15.1. The molecular formula is C18H20N2O5S. The van der Waals surface area contributed by atoms with Gasteiger partial charge in [0.25, 0.3) is 5.91 Å². The minimum atomic E-state index is -3.34. The molecule has 1 aliphatic rings. The highest BCUT2D eigenvalue weighted by Gasteiger charge is 2.14. The van der Waals surface area contributed by atoms with Crippen molar-refractivity contribution in [2.45, 2.75) is 13.0 Å². The van der Waals surface area contributed by atoms with Crippen LogP contribution in [0.5, 0.6) is 11.5 Å². The molecule has 2 aromatic carbocycles. The SMILES string of the molecule is CS(=O)(=O)Nc1cccc(CNC(=O)c2ccc3c(c2)OCCCO3)c1. The molecule has 0 bridgehead atoms. The summed E-state index contributed by atoms with van der Waals surface area (Å²) < 4.78 is 36.2. The van der Waals surface area contributed by atoms with E-state index in [1.165, 1.54) is 0 Å². The van der Waals surface area contributed by atoms with E-state index >= 15 is 0 Å². The summed E-state index contributed by atoms with van der Waals surface area (Å²) in [5, 5.41) is 2.82. The molecule has 138 valence electrons. The Balaban J connectivity index is 1.66. The number of carbonyl (C=O) groups is 1. The van der Waals surface area contributed by atoms with Gasteiger partial charge in [-0.1, -0.05) is 12.1 Å². The smallest absolute Gasteiger partial charge is 0.251 e. The van der Waals surface area contributed by atoms with Crippen molar-refractivity contribution >= 4 is 21.6 Å². The lowest BCUT2D eigenvalue weighted by atomic mass is 10.1. The highest BCUT2D eigenvalue weighted by atomic mass is 32.2. The third kappa shape index (κ3) is 4.89. The first-order valence-corrected chi connectivity index (χ1v) is 10.0. The number of hydrogen-bond donors (Lipinski definition) is 2. The number of sulfonamides is 1. The second-order valence-corrected chi connectivity index (χ2v) is 7.72. The molecule has 2 aromatic rings. The predicted molar refractivity (Wildman–Crippen MR) is 98.1 cm³/mol. The standard InChI is InChI=1S/C18H20N2O5S/c1-26(22,23)20-15-5-2-4-13(10-15)12-19-18(21)14-6-7-16-17(11-14)25-9-3-8-24-16/h2,4-7,10-11,20H,3,8-9,12H2,1H3,(H,19,21). The van der Waals surface area contributed by atoms with Gasteiger partial charge in [0.2, 0.25) is 10.0 Å². The Bertz CT molecular complexity index is 912.